The standard InChI is InChI=1S/C18H16ClN5O3S/c1-23-16(10-12-6-8-13(19)9-7-12)21-22-18(23)28-11-17(25)20-14-4-2-3-5-15(14)24(26)27/h2-9H,10-11H2,1H3,(H,20,25). The quantitative estimate of drug-likeness (QED) is 0.357. The van der Waals surface area contributed by atoms with Crippen LogP contribution in [-0.2, 0) is 18.3 Å². The molecule has 1 aromatic heterocycles. The lowest BCUT2D eigenvalue weighted by Gasteiger charge is -2.06. The van der Waals surface area contributed by atoms with E-state index in [1.807, 2.05) is 35.9 Å². The van der Waals surface area contributed by atoms with Gasteiger partial charge in [0.05, 0.1) is 10.7 Å². The largest absolute Gasteiger partial charge is 0.320 e. The first-order valence-electron chi connectivity index (χ1n) is 8.23. The van der Waals surface area contributed by atoms with E-state index in [2.05, 4.69) is 15.5 Å². The number of hydrogen-bond donors (Lipinski definition) is 1. The number of nitro groups is 1. The lowest BCUT2D eigenvalue weighted by Crippen LogP contribution is -2.15. The number of carbonyl (C=O) groups excluding carboxylic acids is 1. The van der Waals surface area contributed by atoms with Gasteiger partial charge in [-0.05, 0) is 23.8 Å². The fourth-order valence-corrected chi connectivity index (χ4v) is 3.32. The number of nitrogens with one attached hydrogen (secondary N) is 1. The lowest BCUT2D eigenvalue weighted by molar-refractivity contribution is -0.383. The van der Waals surface area contributed by atoms with Crippen molar-refractivity contribution in [2.75, 3.05) is 11.1 Å². The summed E-state index contributed by atoms with van der Waals surface area (Å²) in [7, 11) is 1.83. The second-order valence-corrected chi connectivity index (χ2v) is 7.25. The van der Waals surface area contributed by atoms with Gasteiger partial charge in [-0.15, -0.1) is 10.2 Å². The summed E-state index contributed by atoms with van der Waals surface area (Å²) in [4.78, 5) is 22.7. The van der Waals surface area contributed by atoms with E-state index < -0.39 is 4.92 Å². The van der Waals surface area contributed by atoms with Gasteiger partial charge >= 0.3 is 0 Å². The molecule has 1 heterocycles. The summed E-state index contributed by atoms with van der Waals surface area (Å²) in [5.74, 6) is 0.448. The van der Waals surface area contributed by atoms with Gasteiger partial charge in [0.1, 0.15) is 11.5 Å². The van der Waals surface area contributed by atoms with Gasteiger partial charge in [0.2, 0.25) is 5.91 Å². The van der Waals surface area contributed by atoms with E-state index in [0.717, 1.165) is 11.4 Å². The Morgan fingerprint density at radius 3 is 2.64 bits per heavy atom. The second kappa shape index (κ2) is 8.85. The van der Waals surface area contributed by atoms with Crippen LogP contribution in [0.5, 0.6) is 0 Å². The van der Waals surface area contributed by atoms with E-state index in [4.69, 9.17) is 11.6 Å². The third-order valence-electron chi connectivity index (χ3n) is 3.91. The van der Waals surface area contributed by atoms with Crippen molar-refractivity contribution < 1.29 is 9.72 Å². The molecule has 8 nitrogen and oxygen atoms in total. The summed E-state index contributed by atoms with van der Waals surface area (Å²) in [5, 5.41) is 23.1. The Morgan fingerprint density at radius 2 is 1.93 bits per heavy atom. The molecule has 28 heavy (non-hydrogen) atoms. The molecule has 0 aliphatic rings. The van der Waals surface area contributed by atoms with Gasteiger partial charge < -0.3 is 9.88 Å². The van der Waals surface area contributed by atoms with Crippen LogP contribution in [0.3, 0.4) is 0 Å². The summed E-state index contributed by atoms with van der Waals surface area (Å²) < 4.78 is 1.82. The number of halogens is 1. The molecule has 144 valence electrons. The van der Waals surface area contributed by atoms with Crippen molar-refractivity contribution in [2.45, 2.75) is 11.6 Å². The third-order valence-corrected chi connectivity index (χ3v) is 5.18. The molecular weight excluding hydrogens is 402 g/mol. The number of thioether (sulfide) groups is 1. The highest BCUT2D eigenvalue weighted by molar-refractivity contribution is 7.99. The van der Waals surface area contributed by atoms with Crippen molar-refractivity contribution >= 4 is 40.6 Å². The molecule has 0 saturated carbocycles. The molecule has 0 spiro atoms. The van der Waals surface area contributed by atoms with Crippen LogP contribution in [0.15, 0.2) is 53.7 Å². The predicted molar refractivity (Wildman–Crippen MR) is 108 cm³/mol. The second-order valence-electron chi connectivity index (χ2n) is 5.87. The number of nitrogens with zero attached hydrogens (tertiary/aromatic N) is 4. The Labute approximate surface area is 170 Å². The van der Waals surface area contributed by atoms with Crippen LogP contribution < -0.4 is 5.32 Å². The van der Waals surface area contributed by atoms with E-state index in [9.17, 15) is 14.9 Å². The fourth-order valence-electron chi connectivity index (χ4n) is 2.46. The SMILES string of the molecule is Cn1c(Cc2ccc(Cl)cc2)nnc1SCC(=O)Nc1ccccc1[N+](=O)[O-]. The van der Waals surface area contributed by atoms with Crippen molar-refractivity contribution in [1.82, 2.24) is 14.8 Å². The summed E-state index contributed by atoms with van der Waals surface area (Å²) >= 11 is 7.10. The normalized spacial score (nSPS) is 10.6. The van der Waals surface area contributed by atoms with E-state index >= 15 is 0 Å². The van der Waals surface area contributed by atoms with Crippen molar-refractivity contribution in [3.8, 4) is 0 Å². The van der Waals surface area contributed by atoms with E-state index in [0.29, 0.717) is 16.6 Å². The van der Waals surface area contributed by atoms with Gasteiger partial charge in [-0.2, -0.15) is 0 Å². The topological polar surface area (TPSA) is 103 Å². The summed E-state index contributed by atoms with van der Waals surface area (Å²) in [6.07, 6.45) is 0.587. The molecule has 0 aliphatic carbocycles. The smallest absolute Gasteiger partial charge is 0.292 e. The average Bonchev–Trinajstić information content (AvgIpc) is 3.02. The number of aromatic nitrogens is 3. The highest BCUT2D eigenvalue weighted by Gasteiger charge is 2.16. The van der Waals surface area contributed by atoms with Gasteiger partial charge in [-0.1, -0.05) is 47.6 Å². The molecule has 0 saturated heterocycles. The highest BCUT2D eigenvalue weighted by atomic mass is 35.5. The zero-order valence-electron chi connectivity index (χ0n) is 14.8. The Kier molecular flexibility index (Phi) is 6.27. The first-order chi connectivity index (χ1) is 13.4. The van der Waals surface area contributed by atoms with E-state index in [1.54, 1.807) is 12.1 Å². The van der Waals surface area contributed by atoms with Crippen molar-refractivity contribution in [3.05, 3.63) is 75.1 Å². The van der Waals surface area contributed by atoms with Crippen LogP contribution in [0.1, 0.15) is 11.4 Å². The molecule has 2 aromatic carbocycles. The van der Waals surface area contributed by atoms with Crippen LogP contribution in [-0.4, -0.2) is 31.3 Å². The molecule has 3 aromatic rings. The molecule has 1 amide bonds. The number of anilines is 1. The molecule has 1 N–H and O–H groups in total. The Morgan fingerprint density at radius 1 is 1.21 bits per heavy atom. The van der Waals surface area contributed by atoms with Crippen molar-refractivity contribution in [2.24, 2.45) is 7.05 Å². The number of benzene rings is 2. The number of hydrogen-bond acceptors (Lipinski definition) is 6. The highest BCUT2D eigenvalue weighted by Crippen LogP contribution is 2.24. The Bertz CT molecular complexity index is 1010. The molecule has 0 aliphatic heterocycles. The van der Waals surface area contributed by atoms with Crippen LogP contribution in [0, 0.1) is 10.1 Å². The number of para-hydroxylation sites is 2. The number of rotatable bonds is 7. The maximum atomic E-state index is 12.2. The molecule has 0 radical (unpaired) electrons. The monoisotopic (exact) mass is 417 g/mol. The number of amides is 1. The third kappa shape index (κ3) is 4.87. The molecule has 0 fully saturated rings. The van der Waals surface area contributed by atoms with Gasteiger partial charge in [0.15, 0.2) is 5.16 Å². The van der Waals surface area contributed by atoms with Crippen molar-refractivity contribution in [3.63, 3.8) is 0 Å². The van der Waals surface area contributed by atoms with Gasteiger partial charge in [0, 0.05) is 24.6 Å². The molecule has 0 atom stereocenters. The minimum atomic E-state index is -0.533. The molecule has 10 heteroatoms. The Balaban J connectivity index is 1.61. The average molecular weight is 418 g/mol. The van der Waals surface area contributed by atoms with E-state index in [1.165, 1.54) is 23.9 Å². The molecule has 0 bridgehead atoms. The fraction of sp³-hybridized carbons (Fsp3) is 0.167. The number of carbonyl (C=O) groups is 1. The summed E-state index contributed by atoms with van der Waals surface area (Å²) in [6.45, 7) is 0. The summed E-state index contributed by atoms with van der Waals surface area (Å²) in [5.41, 5.74) is 1.06. The number of nitro benzene ring substituents is 1. The van der Waals surface area contributed by atoms with Gasteiger partial charge in [0.25, 0.3) is 5.69 Å². The van der Waals surface area contributed by atoms with Crippen LogP contribution in [0.2, 0.25) is 5.02 Å². The van der Waals surface area contributed by atoms with E-state index in [-0.39, 0.29) is 23.0 Å². The van der Waals surface area contributed by atoms with Crippen molar-refractivity contribution in [1.29, 1.82) is 0 Å². The maximum Gasteiger partial charge on any atom is 0.292 e. The zero-order chi connectivity index (χ0) is 20.1. The predicted octanol–water partition coefficient (Wildman–Crippen LogP) is 3.70. The van der Waals surface area contributed by atoms with Gasteiger partial charge in [-0.3, -0.25) is 14.9 Å². The minimum Gasteiger partial charge on any atom is -0.320 e. The van der Waals surface area contributed by atoms with Crippen LogP contribution >= 0.6 is 23.4 Å². The lowest BCUT2D eigenvalue weighted by atomic mass is 10.1. The van der Waals surface area contributed by atoms with Gasteiger partial charge in [-0.25, -0.2) is 0 Å². The van der Waals surface area contributed by atoms with Crippen LogP contribution in [0.4, 0.5) is 11.4 Å². The van der Waals surface area contributed by atoms with Crippen LogP contribution in [0.25, 0.3) is 0 Å². The zero-order valence-corrected chi connectivity index (χ0v) is 16.4. The molecule has 3 rings (SSSR count). The summed E-state index contributed by atoms with van der Waals surface area (Å²) in [6, 6.07) is 13.5. The first-order valence-corrected chi connectivity index (χ1v) is 9.59. The molecule has 0 unspecified atom stereocenters. The Hall–Kier alpha value is -2.91. The minimum absolute atomic E-state index is 0.0545. The first kappa shape index (κ1) is 19.8. The maximum absolute atomic E-state index is 12.2. The molecular formula is C18H16ClN5O3S.